The van der Waals surface area contributed by atoms with Gasteiger partial charge in [-0.2, -0.15) is 0 Å². The molecular formula is C32H47N3O8. The normalized spacial score (nSPS) is 26.3. The fourth-order valence-electron chi connectivity index (χ4n) is 7.12. The number of piperidine rings is 1. The third kappa shape index (κ3) is 6.99. The van der Waals surface area contributed by atoms with Crippen LogP contribution >= 0.6 is 0 Å². The summed E-state index contributed by atoms with van der Waals surface area (Å²) in [6, 6.07) is 7.02. The van der Waals surface area contributed by atoms with Gasteiger partial charge >= 0.3 is 6.09 Å². The first kappa shape index (κ1) is 32.8. The number of hydrogen-bond donors (Lipinski definition) is 1. The summed E-state index contributed by atoms with van der Waals surface area (Å²) in [5.74, 6) is -0.477. The van der Waals surface area contributed by atoms with E-state index in [1.165, 1.54) is 0 Å². The maximum absolute atomic E-state index is 14.3. The van der Waals surface area contributed by atoms with Crippen molar-refractivity contribution in [3.8, 4) is 5.75 Å². The smallest absolute Gasteiger partial charge is 0.410 e. The Kier molecular flexibility index (Phi) is 10.7. The van der Waals surface area contributed by atoms with E-state index in [0.717, 1.165) is 11.3 Å². The maximum Gasteiger partial charge on any atom is 0.410 e. The van der Waals surface area contributed by atoms with Crippen LogP contribution in [0.1, 0.15) is 45.6 Å². The van der Waals surface area contributed by atoms with Gasteiger partial charge in [-0.05, 0) is 63.6 Å². The Balaban J connectivity index is 1.75. The molecule has 0 aromatic heterocycles. The molecule has 0 unspecified atom stereocenters. The van der Waals surface area contributed by atoms with E-state index < -0.39 is 29.2 Å². The third-order valence-electron chi connectivity index (χ3n) is 8.76. The van der Waals surface area contributed by atoms with Crippen LogP contribution in [0, 0.1) is 17.8 Å². The van der Waals surface area contributed by atoms with Crippen LogP contribution in [-0.4, -0.2) is 98.8 Å². The minimum Gasteiger partial charge on any atom is -0.497 e. The van der Waals surface area contributed by atoms with Gasteiger partial charge in [0, 0.05) is 32.7 Å². The highest BCUT2D eigenvalue weighted by Gasteiger charge is 2.70. The van der Waals surface area contributed by atoms with Crippen molar-refractivity contribution in [1.29, 1.82) is 0 Å². The lowest BCUT2D eigenvalue weighted by Crippen LogP contribution is -2.72. The molecule has 11 heteroatoms. The molecule has 0 radical (unpaired) electrons. The number of hydrogen-bond acceptors (Lipinski definition) is 8. The van der Waals surface area contributed by atoms with Crippen molar-refractivity contribution in [3.05, 3.63) is 42.5 Å². The summed E-state index contributed by atoms with van der Waals surface area (Å²) in [4.78, 5) is 45.4. The maximum atomic E-state index is 14.3. The van der Waals surface area contributed by atoms with E-state index in [4.69, 9.17) is 23.7 Å². The Morgan fingerprint density at radius 1 is 1.12 bits per heavy atom. The zero-order valence-electron chi connectivity index (χ0n) is 26.1. The van der Waals surface area contributed by atoms with Crippen LogP contribution in [0.5, 0.6) is 5.75 Å². The van der Waals surface area contributed by atoms with E-state index in [9.17, 15) is 14.4 Å². The van der Waals surface area contributed by atoms with E-state index in [1.807, 2.05) is 49.9 Å². The topological polar surface area (TPSA) is 116 Å². The predicted octanol–water partition coefficient (Wildman–Crippen LogP) is 3.37. The SMILES string of the molecule is C=CCNC(=O)[C@@H]1C[C@H]2C(=O)N(Cc3ccc(OC)cc3)[C@@]3(CCOCOCCOC)[C@@H]2CCN(C(=O)OC(C)(C)C)[C@@H]13. The van der Waals surface area contributed by atoms with Gasteiger partial charge in [0.05, 0.1) is 44.4 Å². The number of carbonyl (C=O) groups excluding carboxylic acids is 3. The molecular weight excluding hydrogens is 554 g/mol. The number of amides is 3. The summed E-state index contributed by atoms with van der Waals surface area (Å²) in [5.41, 5.74) is -0.646. The minimum atomic E-state index is -0.849. The summed E-state index contributed by atoms with van der Waals surface area (Å²) < 4.78 is 27.7. The van der Waals surface area contributed by atoms with Crippen molar-refractivity contribution in [2.75, 3.05) is 53.9 Å². The average Bonchev–Trinajstić information content (AvgIpc) is 3.12. The van der Waals surface area contributed by atoms with Crippen molar-refractivity contribution >= 4 is 17.9 Å². The molecule has 11 nitrogen and oxygen atoms in total. The second-order valence-corrected chi connectivity index (χ2v) is 12.4. The van der Waals surface area contributed by atoms with Gasteiger partial charge in [0.2, 0.25) is 11.8 Å². The predicted molar refractivity (Wildman–Crippen MR) is 159 cm³/mol. The number of nitrogens with zero attached hydrogens (tertiary/aromatic N) is 2. The quantitative estimate of drug-likeness (QED) is 0.196. The summed E-state index contributed by atoms with van der Waals surface area (Å²) in [7, 11) is 3.22. The van der Waals surface area contributed by atoms with Gasteiger partial charge in [0.1, 0.15) is 18.1 Å². The van der Waals surface area contributed by atoms with Crippen molar-refractivity contribution in [1.82, 2.24) is 15.1 Å². The van der Waals surface area contributed by atoms with Crippen molar-refractivity contribution in [2.45, 2.75) is 63.8 Å². The van der Waals surface area contributed by atoms with Gasteiger partial charge in [-0.3, -0.25) is 9.59 Å². The molecule has 5 atom stereocenters. The highest BCUT2D eigenvalue weighted by molar-refractivity contribution is 5.89. The monoisotopic (exact) mass is 601 g/mol. The lowest BCUT2D eigenvalue weighted by atomic mass is 9.58. The molecule has 1 aromatic rings. The zero-order chi connectivity index (χ0) is 31.2. The molecule has 3 aliphatic rings. The number of ether oxygens (including phenoxy) is 5. The highest BCUT2D eigenvalue weighted by atomic mass is 16.7. The largest absolute Gasteiger partial charge is 0.497 e. The summed E-state index contributed by atoms with van der Waals surface area (Å²) in [5, 5.41) is 2.94. The summed E-state index contributed by atoms with van der Waals surface area (Å²) >= 11 is 0. The molecule has 1 aromatic carbocycles. The lowest BCUT2D eigenvalue weighted by molar-refractivity contribution is -0.147. The standard InChI is InChI=1S/C32H47N3O8/c1-7-14-33-28(36)25-19-24-26-12-15-34(30(38)43-31(2,3)4)27(25)32(26,13-16-41-21-42-18-17-39-5)35(29(24)37)20-22-8-10-23(40-6)11-9-22/h7-11,24-27H,1,12-21H2,2-6H3,(H,33,36)/t24-,25-,26-,27+,32+/m1/s1. The van der Waals surface area contributed by atoms with E-state index in [-0.39, 0.29) is 37.0 Å². The highest BCUT2D eigenvalue weighted by Crippen LogP contribution is 2.58. The van der Waals surface area contributed by atoms with Crippen molar-refractivity contribution in [3.63, 3.8) is 0 Å². The minimum absolute atomic E-state index is 0.00669. The molecule has 2 heterocycles. The van der Waals surface area contributed by atoms with Gasteiger partial charge in [0.25, 0.3) is 0 Å². The molecule has 2 saturated heterocycles. The second-order valence-electron chi connectivity index (χ2n) is 12.4. The molecule has 1 N–H and O–H groups in total. The second kappa shape index (κ2) is 14.1. The number of carbonyl (C=O) groups is 3. The molecule has 2 aliphatic heterocycles. The summed E-state index contributed by atoms with van der Waals surface area (Å²) in [6.45, 7) is 11.4. The van der Waals surface area contributed by atoms with Crippen molar-refractivity contribution < 1.29 is 38.1 Å². The molecule has 3 amide bonds. The molecule has 43 heavy (non-hydrogen) atoms. The van der Waals surface area contributed by atoms with Crippen LogP contribution in [0.15, 0.2) is 36.9 Å². The summed E-state index contributed by atoms with van der Waals surface area (Å²) in [6.07, 6.45) is 2.55. The van der Waals surface area contributed by atoms with Crippen LogP contribution in [0.4, 0.5) is 4.79 Å². The Morgan fingerprint density at radius 3 is 2.49 bits per heavy atom. The van der Waals surface area contributed by atoms with Crippen molar-refractivity contribution in [2.24, 2.45) is 17.8 Å². The molecule has 3 fully saturated rings. The Bertz CT molecular complexity index is 1140. The van der Waals surface area contributed by atoms with E-state index in [0.29, 0.717) is 52.1 Å². The number of likely N-dealkylation sites (tertiary alicyclic amines) is 2. The average molecular weight is 602 g/mol. The first-order valence-corrected chi connectivity index (χ1v) is 15.0. The number of nitrogens with one attached hydrogen (secondary N) is 1. The molecule has 1 saturated carbocycles. The Morgan fingerprint density at radius 2 is 1.84 bits per heavy atom. The fraction of sp³-hybridized carbons (Fsp3) is 0.656. The molecule has 238 valence electrons. The molecule has 4 rings (SSSR count). The first-order valence-electron chi connectivity index (χ1n) is 15.0. The number of methoxy groups -OCH3 is 2. The Labute approximate surface area is 254 Å². The van der Waals surface area contributed by atoms with Gasteiger partial charge in [0.15, 0.2) is 0 Å². The van der Waals surface area contributed by atoms with E-state index >= 15 is 0 Å². The molecule has 4 bridgehead atoms. The van der Waals surface area contributed by atoms with Gasteiger partial charge in [-0.25, -0.2) is 4.79 Å². The van der Waals surface area contributed by atoms with Crippen LogP contribution in [0.25, 0.3) is 0 Å². The van der Waals surface area contributed by atoms with Gasteiger partial charge in [-0.15, -0.1) is 6.58 Å². The van der Waals surface area contributed by atoms with Crippen LogP contribution in [0.2, 0.25) is 0 Å². The van der Waals surface area contributed by atoms with Crippen LogP contribution < -0.4 is 10.1 Å². The van der Waals surface area contributed by atoms with Crippen LogP contribution in [0.3, 0.4) is 0 Å². The lowest BCUT2D eigenvalue weighted by Gasteiger charge is -2.59. The van der Waals surface area contributed by atoms with E-state index in [2.05, 4.69) is 11.9 Å². The van der Waals surface area contributed by atoms with Gasteiger partial charge in [-0.1, -0.05) is 18.2 Å². The van der Waals surface area contributed by atoms with E-state index in [1.54, 1.807) is 25.2 Å². The number of rotatable bonds is 14. The Hall–Kier alpha value is -3.15. The zero-order valence-corrected chi connectivity index (χ0v) is 26.1. The number of benzene rings is 1. The molecule has 0 spiro atoms. The van der Waals surface area contributed by atoms with Crippen LogP contribution in [-0.2, 0) is 35.1 Å². The fourth-order valence-corrected chi connectivity index (χ4v) is 7.12. The first-order chi connectivity index (χ1) is 20.6. The van der Waals surface area contributed by atoms with Gasteiger partial charge < -0.3 is 38.8 Å². The molecule has 1 aliphatic carbocycles. The third-order valence-corrected chi connectivity index (χ3v) is 8.76.